The highest BCUT2D eigenvalue weighted by Gasteiger charge is 1.97. The van der Waals surface area contributed by atoms with Gasteiger partial charge < -0.3 is 10.1 Å². The van der Waals surface area contributed by atoms with Crippen LogP contribution >= 0.6 is 0 Å². The van der Waals surface area contributed by atoms with E-state index in [2.05, 4.69) is 20.3 Å². The monoisotopic (exact) mass is 202 g/mol. The number of nitrogens with one attached hydrogen (secondary N) is 1. The zero-order valence-electron chi connectivity index (χ0n) is 8.21. The Kier molecular flexibility index (Phi) is 2.73. The van der Waals surface area contributed by atoms with E-state index in [0.717, 1.165) is 5.69 Å². The quantitative estimate of drug-likeness (QED) is 0.819. The summed E-state index contributed by atoms with van der Waals surface area (Å²) in [6.45, 7) is 0. The van der Waals surface area contributed by atoms with Crippen LogP contribution in [-0.4, -0.2) is 22.1 Å². The number of hydrogen-bond donors (Lipinski definition) is 1. The molecule has 2 aromatic rings. The predicted molar refractivity (Wildman–Crippen MR) is 56.1 cm³/mol. The van der Waals surface area contributed by atoms with Crippen LogP contribution in [0.5, 0.6) is 5.88 Å². The normalized spacial score (nSPS) is 9.67. The first-order valence-corrected chi connectivity index (χ1v) is 4.42. The third-order valence-corrected chi connectivity index (χ3v) is 1.77. The van der Waals surface area contributed by atoms with E-state index in [1.165, 1.54) is 0 Å². The van der Waals surface area contributed by atoms with Gasteiger partial charge in [-0.05, 0) is 12.1 Å². The molecule has 2 aromatic heterocycles. The zero-order valence-corrected chi connectivity index (χ0v) is 8.21. The van der Waals surface area contributed by atoms with Crippen LogP contribution < -0.4 is 10.1 Å². The summed E-state index contributed by atoms with van der Waals surface area (Å²) in [5.74, 6) is 1.12. The van der Waals surface area contributed by atoms with E-state index in [1.807, 2.05) is 6.07 Å². The number of hydrogen-bond acceptors (Lipinski definition) is 5. The molecule has 0 aliphatic carbocycles. The van der Waals surface area contributed by atoms with Crippen molar-refractivity contribution in [3.05, 3.63) is 36.8 Å². The molecular formula is C10H10N4O. The Morgan fingerprint density at radius 3 is 2.53 bits per heavy atom. The first-order valence-electron chi connectivity index (χ1n) is 4.42. The van der Waals surface area contributed by atoms with Crippen LogP contribution in [0.15, 0.2) is 36.8 Å². The summed E-state index contributed by atoms with van der Waals surface area (Å²) < 4.78 is 4.95. The molecule has 0 spiro atoms. The summed E-state index contributed by atoms with van der Waals surface area (Å²) in [5, 5.41) is 3.01. The molecule has 0 saturated carbocycles. The van der Waals surface area contributed by atoms with Crippen LogP contribution in [0.3, 0.4) is 0 Å². The number of nitrogens with zero attached hydrogens (tertiary/aromatic N) is 3. The average Bonchev–Trinajstić information content (AvgIpc) is 2.31. The molecule has 0 saturated heterocycles. The molecule has 0 radical (unpaired) electrons. The van der Waals surface area contributed by atoms with Crippen molar-refractivity contribution < 1.29 is 4.74 Å². The smallest absolute Gasteiger partial charge is 0.227 e. The number of pyridine rings is 1. The van der Waals surface area contributed by atoms with Gasteiger partial charge in [-0.15, -0.1) is 0 Å². The SMILES string of the molecule is COc1ccc(Nc2ncccn2)cn1. The lowest BCUT2D eigenvalue weighted by atomic mass is 10.4. The number of ether oxygens (including phenoxy) is 1. The highest BCUT2D eigenvalue weighted by molar-refractivity contribution is 5.51. The highest BCUT2D eigenvalue weighted by atomic mass is 16.5. The van der Waals surface area contributed by atoms with Gasteiger partial charge in [-0.25, -0.2) is 15.0 Å². The van der Waals surface area contributed by atoms with Gasteiger partial charge in [-0.2, -0.15) is 0 Å². The van der Waals surface area contributed by atoms with Crippen molar-refractivity contribution in [1.82, 2.24) is 15.0 Å². The molecular weight excluding hydrogens is 192 g/mol. The van der Waals surface area contributed by atoms with Crippen molar-refractivity contribution in [3.8, 4) is 5.88 Å². The number of rotatable bonds is 3. The number of methoxy groups -OCH3 is 1. The highest BCUT2D eigenvalue weighted by Crippen LogP contribution is 2.13. The number of anilines is 2. The maximum atomic E-state index is 4.95. The van der Waals surface area contributed by atoms with Gasteiger partial charge in [-0.3, -0.25) is 0 Å². The topological polar surface area (TPSA) is 59.9 Å². The molecule has 0 aliphatic rings. The Hall–Kier alpha value is -2.17. The standard InChI is InChI=1S/C10H10N4O/c1-15-9-4-3-8(7-13-9)14-10-11-5-2-6-12-10/h2-7H,1H3,(H,11,12,14). The third-order valence-electron chi connectivity index (χ3n) is 1.77. The fourth-order valence-electron chi connectivity index (χ4n) is 1.07. The summed E-state index contributed by atoms with van der Waals surface area (Å²) in [6.07, 6.45) is 5.01. The fraction of sp³-hybridized carbons (Fsp3) is 0.100. The Labute approximate surface area is 87.2 Å². The van der Waals surface area contributed by atoms with Crippen LogP contribution in [0.25, 0.3) is 0 Å². The van der Waals surface area contributed by atoms with E-state index in [1.54, 1.807) is 37.8 Å². The van der Waals surface area contributed by atoms with Crippen LogP contribution in [0.1, 0.15) is 0 Å². The van der Waals surface area contributed by atoms with Crippen LogP contribution in [0.2, 0.25) is 0 Å². The van der Waals surface area contributed by atoms with E-state index in [4.69, 9.17) is 4.74 Å². The minimum Gasteiger partial charge on any atom is -0.481 e. The van der Waals surface area contributed by atoms with Crippen molar-refractivity contribution in [1.29, 1.82) is 0 Å². The molecule has 5 heteroatoms. The van der Waals surface area contributed by atoms with E-state index in [9.17, 15) is 0 Å². The Morgan fingerprint density at radius 2 is 1.93 bits per heavy atom. The molecule has 0 fully saturated rings. The van der Waals surface area contributed by atoms with E-state index >= 15 is 0 Å². The first-order chi connectivity index (χ1) is 7.38. The second-order valence-corrected chi connectivity index (χ2v) is 2.79. The Morgan fingerprint density at radius 1 is 1.13 bits per heavy atom. The van der Waals surface area contributed by atoms with Crippen LogP contribution in [0, 0.1) is 0 Å². The van der Waals surface area contributed by atoms with Crippen LogP contribution in [0.4, 0.5) is 11.6 Å². The van der Waals surface area contributed by atoms with E-state index in [0.29, 0.717) is 11.8 Å². The summed E-state index contributed by atoms with van der Waals surface area (Å²) in [7, 11) is 1.58. The maximum absolute atomic E-state index is 4.95. The zero-order chi connectivity index (χ0) is 10.5. The van der Waals surface area contributed by atoms with Crippen molar-refractivity contribution in [2.75, 3.05) is 12.4 Å². The third kappa shape index (κ3) is 2.40. The molecule has 76 valence electrons. The van der Waals surface area contributed by atoms with Crippen molar-refractivity contribution in [3.63, 3.8) is 0 Å². The lowest BCUT2D eigenvalue weighted by Gasteiger charge is -2.03. The van der Waals surface area contributed by atoms with E-state index < -0.39 is 0 Å². The van der Waals surface area contributed by atoms with Gasteiger partial charge in [0, 0.05) is 18.5 Å². The number of aromatic nitrogens is 3. The largest absolute Gasteiger partial charge is 0.481 e. The lowest BCUT2D eigenvalue weighted by Crippen LogP contribution is -1.96. The van der Waals surface area contributed by atoms with Gasteiger partial charge in [0.25, 0.3) is 0 Å². The average molecular weight is 202 g/mol. The minimum absolute atomic E-state index is 0.546. The summed E-state index contributed by atoms with van der Waals surface area (Å²) in [4.78, 5) is 12.1. The summed E-state index contributed by atoms with van der Waals surface area (Å²) in [6, 6.07) is 5.38. The maximum Gasteiger partial charge on any atom is 0.227 e. The Bertz CT molecular complexity index is 415. The van der Waals surface area contributed by atoms with Gasteiger partial charge in [-0.1, -0.05) is 0 Å². The molecule has 0 aliphatic heterocycles. The Balaban J connectivity index is 2.11. The summed E-state index contributed by atoms with van der Waals surface area (Å²) in [5.41, 5.74) is 0.821. The van der Waals surface area contributed by atoms with Crippen molar-refractivity contribution in [2.24, 2.45) is 0 Å². The van der Waals surface area contributed by atoms with Gasteiger partial charge in [0.15, 0.2) is 0 Å². The fourth-order valence-corrected chi connectivity index (χ4v) is 1.07. The first kappa shape index (κ1) is 9.39. The molecule has 5 nitrogen and oxygen atoms in total. The molecule has 0 atom stereocenters. The van der Waals surface area contributed by atoms with Crippen molar-refractivity contribution >= 4 is 11.6 Å². The predicted octanol–water partition coefficient (Wildman–Crippen LogP) is 1.62. The molecule has 15 heavy (non-hydrogen) atoms. The molecule has 0 aromatic carbocycles. The van der Waals surface area contributed by atoms with Gasteiger partial charge >= 0.3 is 0 Å². The second kappa shape index (κ2) is 4.36. The molecule has 1 N–H and O–H groups in total. The lowest BCUT2D eigenvalue weighted by molar-refractivity contribution is 0.398. The molecule has 0 bridgehead atoms. The molecule has 0 unspecified atom stereocenters. The molecule has 2 heterocycles. The van der Waals surface area contributed by atoms with Crippen molar-refractivity contribution in [2.45, 2.75) is 0 Å². The molecule has 2 rings (SSSR count). The van der Waals surface area contributed by atoms with E-state index in [-0.39, 0.29) is 0 Å². The summed E-state index contributed by atoms with van der Waals surface area (Å²) >= 11 is 0. The van der Waals surface area contributed by atoms with Gasteiger partial charge in [0.2, 0.25) is 11.8 Å². The molecule has 0 amide bonds. The van der Waals surface area contributed by atoms with Gasteiger partial charge in [0.1, 0.15) is 0 Å². The second-order valence-electron chi connectivity index (χ2n) is 2.79. The van der Waals surface area contributed by atoms with Gasteiger partial charge in [0.05, 0.1) is 19.0 Å². The minimum atomic E-state index is 0.546. The van der Waals surface area contributed by atoms with Crippen LogP contribution in [-0.2, 0) is 0 Å².